The number of aromatic nitrogens is 2. The van der Waals surface area contributed by atoms with Crippen LogP contribution in [0.15, 0.2) is 28.8 Å². The van der Waals surface area contributed by atoms with E-state index in [9.17, 15) is 4.39 Å². The van der Waals surface area contributed by atoms with Crippen LogP contribution in [-0.4, -0.2) is 22.1 Å². The van der Waals surface area contributed by atoms with Crippen LogP contribution in [0.1, 0.15) is 18.4 Å². The quantitative estimate of drug-likeness (QED) is 0.902. The van der Waals surface area contributed by atoms with Crippen molar-refractivity contribution < 1.29 is 8.91 Å². The van der Waals surface area contributed by atoms with Crippen molar-refractivity contribution in [2.75, 3.05) is 12.0 Å². The van der Waals surface area contributed by atoms with E-state index in [1.54, 1.807) is 23.9 Å². The van der Waals surface area contributed by atoms with Gasteiger partial charge < -0.3 is 10.3 Å². The summed E-state index contributed by atoms with van der Waals surface area (Å²) < 4.78 is 17.9. The third kappa shape index (κ3) is 3.08. The molecule has 1 aromatic heterocycles. The van der Waals surface area contributed by atoms with Gasteiger partial charge in [-0.25, -0.2) is 4.39 Å². The molecule has 0 aliphatic carbocycles. The molecule has 0 amide bonds. The Kier molecular flexibility index (Phi) is 4.33. The summed E-state index contributed by atoms with van der Waals surface area (Å²) in [6, 6.07) is 5.69. The number of hydrogen-bond acceptors (Lipinski definition) is 5. The van der Waals surface area contributed by atoms with E-state index >= 15 is 0 Å². The molecule has 2 aromatic rings. The van der Waals surface area contributed by atoms with E-state index in [1.165, 1.54) is 12.1 Å². The predicted octanol–water partition coefficient (Wildman–Crippen LogP) is 2.63. The molecule has 1 heterocycles. The average Bonchev–Trinajstić information content (AvgIpc) is 2.86. The van der Waals surface area contributed by atoms with Crippen molar-refractivity contribution in [3.63, 3.8) is 0 Å². The molecule has 6 heteroatoms. The molecule has 0 spiro atoms. The third-order valence-corrected chi connectivity index (χ3v) is 3.14. The fourth-order valence-electron chi connectivity index (χ4n) is 1.47. The van der Waals surface area contributed by atoms with Gasteiger partial charge in [-0.1, -0.05) is 5.16 Å². The molecule has 2 N–H and O–H groups in total. The average molecular weight is 267 g/mol. The zero-order valence-electron chi connectivity index (χ0n) is 9.97. The van der Waals surface area contributed by atoms with Gasteiger partial charge in [-0.2, -0.15) is 16.7 Å². The molecular weight excluding hydrogens is 253 g/mol. The van der Waals surface area contributed by atoms with Gasteiger partial charge in [0.05, 0.1) is 6.04 Å². The zero-order chi connectivity index (χ0) is 13.0. The van der Waals surface area contributed by atoms with Crippen molar-refractivity contribution in [3.05, 3.63) is 36.0 Å². The van der Waals surface area contributed by atoms with Gasteiger partial charge in [0, 0.05) is 5.56 Å². The topological polar surface area (TPSA) is 64.9 Å². The number of halogens is 1. The lowest BCUT2D eigenvalue weighted by molar-refractivity contribution is 0.353. The molecule has 18 heavy (non-hydrogen) atoms. The van der Waals surface area contributed by atoms with Crippen molar-refractivity contribution in [2.24, 2.45) is 5.73 Å². The Morgan fingerprint density at radius 2 is 2.11 bits per heavy atom. The molecule has 0 saturated heterocycles. The first-order valence-corrected chi connectivity index (χ1v) is 6.94. The Morgan fingerprint density at radius 3 is 2.78 bits per heavy atom. The molecule has 96 valence electrons. The van der Waals surface area contributed by atoms with Gasteiger partial charge >= 0.3 is 0 Å². The SMILES string of the molecule is CSCC[C@@H](N)c1nc(-c2ccc(F)cc2)no1. The molecule has 2 rings (SSSR count). The Labute approximate surface area is 109 Å². The third-order valence-electron chi connectivity index (χ3n) is 2.49. The van der Waals surface area contributed by atoms with Crippen LogP contribution in [0, 0.1) is 5.82 Å². The summed E-state index contributed by atoms with van der Waals surface area (Å²) in [5.41, 5.74) is 6.64. The first-order valence-electron chi connectivity index (χ1n) is 5.55. The lowest BCUT2D eigenvalue weighted by atomic mass is 10.2. The second-order valence-electron chi connectivity index (χ2n) is 3.85. The minimum atomic E-state index is -0.292. The van der Waals surface area contributed by atoms with E-state index in [0.717, 1.165) is 12.2 Å². The van der Waals surface area contributed by atoms with Gasteiger partial charge in [0.25, 0.3) is 0 Å². The van der Waals surface area contributed by atoms with E-state index in [4.69, 9.17) is 10.3 Å². The van der Waals surface area contributed by atoms with Crippen LogP contribution < -0.4 is 5.73 Å². The van der Waals surface area contributed by atoms with Crippen LogP contribution in [0.4, 0.5) is 4.39 Å². The van der Waals surface area contributed by atoms with Crippen molar-refractivity contribution in [1.29, 1.82) is 0 Å². The molecule has 0 radical (unpaired) electrons. The normalized spacial score (nSPS) is 12.6. The number of hydrogen-bond donors (Lipinski definition) is 1. The van der Waals surface area contributed by atoms with Gasteiger partial charge in [-0.05, 0) is 42.7 Å². The number of rotatable bonds is 5. The maximum Gasteiger partial charge on any atom is 0.243 e. The number of nitrogens with two attached hydrogens (primary N) is 1. The maximum absolute atomic E-state index is 12.8. The lowest BCUT2D eigenvalue weighted by Crippen LogP contribution is -2.11. The molecule has 1 atom stereocenters. The molecule has 0 bridgehead atoms. The summed E-state index contributed by atoms with van der Waals surface area (Å²) in [6.07, 6.45) is 2.80. The van der Waals surface area contributed by atoms with Crippen molar-refractivity contribution in [1.82, 2.24) is 10.1 Å². The predicted molar refractivity (Wildman–Crippen MR) is 69.6 cm³/mol. The summed E-state index contributed by atoms with van der Waals surface area (Å²) in [6.45, 7) is 0. The van der Waals surface area contributed by atoms with Gasteiger partial charge in [-0.3, -0.25) is 0 Å². The smallest absolute Gasteiger partial charge is 0.243 e. The van der Waals surface area contributed by atoms with Crippen LogP contribution >= 0.6 is 11.8 Å². The summed E-state index contributed by atoms with van der Waals surface area (Å²) in [5.74, 6) is 1.50. The molecule has 0 saturated carbocycles. The Hall–Kier alpha value is -1.40. The van der Waals surface area contributed by atoms with Gasteiger partial charge in [-0.15, -0.1) is 0 Å². The minimum absolute atomic E-state index is 0.251. The molecule has 0 aliphatic rings. The number of benzene rings is 1. The Morgan fingerprint density at radius 1 is 1.39 bits per heavy atom. The minimum Gasteiger partial charge on any atom is -0.337 e. The summed E-state index contributed by atoms with van der Waals surface area (Å²) in [5, 5.41) is 3.85. The van der Waals surface area contributed by atoms with Gasteiger partial charge in [0.15, 0.2) is 0 Å². The highest BCUT2D eigenvalue weighted by molar-refractivity contribution is 7.98. The zero-order valence-corrected chi connectivity index (χ0v) is 10.8. The van der Waals surface area contributed by atoms with Crippen molar-refractivity contribution in [3.8, 4) is 11.4 Å². The fourth-order valence-corrected chi connectivity index (χ4v) is 1.96. The van der Waals surface area contributed by atoms with Crippen molar-refractivity contribution in [2.45, 2.75) is 12.5 Å². The standard InChI is InChI=1S/C12H14FN3OS/c1-18-7-6-10(14)12-15-11(16-17-12)8-2-4-9(13)5-3-8/h2-5,10H,6-7,14H2,1H3/t10-/m1/s1. The second-order valence-corrected chi connectivity index (χ2v) is 4.84. The second kappa shape index (κ2) is 5.97. The van der Waals surface area contributed by atoms with Crippen molar-refractivity contribution >= 4 is 11.8 Å². The van der Waals surface area contributed by atoms with E-state index < -0.39 is 0 Å². The lowest BCUT2D eigenvalue weighted by Gasteiger charge is -2.03. The number of thioether (sulfide) groups is 1. The molecule has 4 nitrogen and oxygen atoms in total. The first kappa shape index (κ1) is 13.0. The highest BCUT2D eigenvalue weighted by Crippen LogP contribution is 2.20. The van der Waals surface area contributed by atoms with Crippen LogP contribution in [0.5, 0.6) is 0 Å². The molecule has 0 unspecified atom stereocenters. The monoisotopic (exact) mass is 267 g/mol. The molecular formula is C12H14FN3OS. The van der Waals surface area contributed by atoms with Crippen LogP contribution in [0.3, 0.4) is 0 Å². The molecule has 1 aromatic carbocycles. The molecule has 0 aliphatic heterocycles. The maximum atomic E-state index is 12.8. The van der Waals surface area contributed by atoms with E-state index in [1.807, 2.05) is 6.26 Å². The largest absolute Gasteiger partial charge is 0.337 e. The Bertz CT molecular complexity index is 500. The summed E-state index contributed by atoms with van der Waals surface area (Å²) in [4.78, 5) is 4.23. The molecule has 0 fully saturated rings. The first-order chi connectivity index (χ1) is 8.70. The Balaban J connectivity index is 2.12. The highest BCUT2D eigenvalue weighted by atomic mass is 32.2. The van der Waals surface area contributed by atoms with E-state index in [0.29, 0.717) is 17.3 Å². The van der Waals surface area contributed by atoms with Crippen LogP contribution in [-0.2, 0) is 0 Å². The highest BCUT2D eigenvalue weighted by Gasteiger charge is 2.15. The van der Waals surface area contributed by atoms with Gasteiger partial charge in [0.2, 0.25) is 11.7 Å². The fraction of sp³-hybridized carbons (Fsp3) is 0.333. The van der Waals surface area contributed by atoms with Crippen LogP contribution in [0.25, 0.3) is 11.4 Å². The summed E-state index contributed by atoms with van der Waals surface area (Å²) >= 11 is 1.72. The van der Waals surface area contributed by atoms with E-state index in [-0.39, 0.29) is 11.9 Å². The van der Waals surface area contributed by atoms with E-state index in [2.05, 4.69) is 10.1 Å². The number of nitrogens with zero attached hydrogens (tertiary/aromatic N) is 2. The summed E-state index contributed by atoms with van der Waals surface area (Å²) in [7, 11) is 0. The van der Waals surface area contributed by atoms with Crippen LogP contribution in [0.2, 0.25) is 0 Å². The van der Waals surface area contributed by atoms with Gasteiger partial charge in [0.1, 0.15) is 5.82 Å².